The fraction of sp³-hybridized carbons (Fsp3) is 0.286. The Morgan fingerprint density at radius 2 is 1.67 bits per heavy atom. The number of para-hydroxylation sites is 1. The summed E-state index contributed by atoms with van der Waals surface area (Å²) in [4.78, 5) is 35.4. The number of hydrogen-bond donors (Lipinski definition) is 2. The molecule has 0 aliphatic heterocycles. The Balaban J connectivity index is 1.68. The third-order valence-corrected chi connectivity index (χ3v) is 4.04. The van der Waals surface area contributed by atoms with E-state index >= 15 is 0 Å². The molecule has 160 valence electrons. The van der Waals surface area contributed by atoms with Gasteiger partial charge in [0.25, 0.3) is 5.91 Å². The quantitative estimate of drug-likeness (QED) is 0.621. The summed E-state index contributed by atoms with van der Waals surface area (Å²) in [5.74, 6) is -1.67. The summed E-state index contributed by atoms with van der Waals surface area (Å²) in [7, 11) is 0. The number of anilines is 2. The first kappa shape index (κ1) is 22.9. The molecule has 0 aliphatic rings. The number of carbonyl (C=O) groups is 3. The lowest BCUT2D eigenvalue weighted by Gasteiger charge is -2.10. The van der Waals surface area contributed by atoms with Crippen LogP contribution in [0.2, 0.25) is 0 Å². The molecule has 6 nitrogen and oxygen atoms in total. The Morgan fingerprint density at radius 1 is 0.933 bits per heavy atom. The van der Waals surface area contributed by atoms with Gasteiger partial charge in [-0.2, -0.15) is 13.2 Å². The molecule has 0 bridgehead atoms. The molecular formula is C21H21F3N2O4. The standard InChI is InChI=1S/C21H21F3N2O4/c1-14-6-2-3-9-17(14)26-19(28)13-30-20(29)11-5-10-18(27)25-16-8-4-7-15(12-16)21(22,23)24/h2-4,6-9,12H,5,10-11,13H2,1H3,(H,25,27)(H,26,28). The summed E-state index contributed by atoms with van der Waals surface area (Å²) in [5, 5.41) is 4.98. The van der Waals surface area contributed by atoms with Crippen LogP contribution in [0.5, 0.6) is 0 Å². The van der Waals surface area contributed by atoms with Crippen LogP contribution in [0, 0.1) is 6.92 Å². The van der Waals surface area contributed by atoms with E-state index in [0.717, 1.165) is 17.7 Å². The minimum absolute atomic E-state index is 0.0188. The van der Waals surface area contributed by atoms with Crippen molar-refractivity contribution in [3.8, 4) is 0 Å². The van der Waals surface area contributed by atoms with Gasteiger partial charge in [0.1, 0.15) is 0 Å². The van der Waals surface area contributed by atoms with Crippen molar-refractivity contribution in [1.82, 2.24) is 0 Å². The van der Waals surface area contributed by atoms with E-state index in [1.54, 1.807) is 12.1 Å². The number of hydrogen-bond acceptors (Lipinski definition) is 4. The molecule has 0 aliphatic carbocycles. The molecule has 9 heteroatoms. The molecule has 2 aromatic rings. The number of carbonyl (C=O) groups excluding carboxylic acids is 3. The average molecular weight is 422 g/mol. The Morgan fingerprint density at radius 3 is 2.37 bits per heavy atom. The molecule has 30 heavy (non-hydrogen) atoms. The number of ether oxygens (including phenoxy) is 1. The lowest BCUT2D eigenvalue weighted by atomic mass is 10.2. The monoisotopic (exact) mass is 422 g/mol. The Kier molecular flexibility index (Phi) is 7.97. The lowest BCUT2D eigenvalue weighted by Crippen LogP contribution is -2.21. The number of esters is 1. The summed E-state index contributed by atoms with van der Waals surface area (Å²) in [6, 6.07) is 11.4. The van der Waals surface area contributed by atoms with Crippen LogP contribution >= 0.6 is 0 Å². The lowest BCUT2D eigenvalue weighted by molar-refractivity contribution is -0.147. The molecule has 0 saturated carbocycles. The largest absolute Gasteiger partial charge is 0.456 e. The van der Waals surface area contributed by atoms with Crippen LogP contribution in [0.1, 0.15) is 30.4 Å². The van der Waals surface area contributed by atoms with Gasteiger partial charge >= 0.3 is 12.1 Å². The zero-order valence-corrected chi connectivity index (χ0v) is 16.2. The van der Waals surface area contributed by atoms with E-state index in [4.69, 9.17) is 4.74 Å². The zero-order chi connectivity index (χ0) is 22.1. The van der Waals surface area contributed by atoms with Crippen LogP contribution in [0.25, 0.3) is 0 Å². The first-order chi connectivity index (χ1) is 14.1. The molecule has 0 atom stereocenters. The molecule has 2 amide bonds. The molecule has 2 rings (SSSR count). The van der Waals surface area contributed by atoms with Crippen LogP contribution in [0.4, 0.5) is 24.5 Å². The number of alkyl halides is 3. The molecule has 0 spiro atoms. The fourth-order valence-electron chi connectivity index (χ4n) is 2.51. The Bertz CT molecular complexity index is 913. The van der Waals surface area contributed by atoms with Gasteiger partial charge in [-0.1, -0.05) is 24.3 Å². The van der Waals surface area contributed by atoms with Gasteiger partial charge in [-0.25, -0.2) is 0 Å². The summed E-state index contributed by atoms with van der Waals surface area (Å²) in [6.45, 7) is 1.37. The van der Waals surface area contributed by atoms with Crippen molar-refractivity contribution in [1.29, 1.82) is 0 Å². The first-order valence-electron chi connectivity index (χ1n) is 9.13. The maximum absolute atomic E-state index is 12.7. The predicted molar refractivity (Wildman–Crippen MR) is 105 cm³/mol. The van der Waals surface area contributed by atoms with E-state index in [0.29, 0.717) is 5.69 Å². The molecule has 0 heterocycles. The Hall–Kier alpha value is -3.36. The minimum atomic E-state index is -4.50. The molecule has 0 unspecified atom stereocenters. The highest BCUT2D eigenvalue weighted by molar-refractivity contribution is 5.93. The van der Waals surface area contributed by atoms with Crippen molar-refractivity contribution in [2.75, 3.05) is 17.2 Å². The molecule has 2 aromatic carbocycles. The van der Waals surface area contributed by atoms with Crippen molar-refractivity contribution < 1.29 is 32.3 Å². The second-order valence-electron chi connectivity index (χ2n) is 6.50. The van der Waals surface area contributed by atoms with Gasteiger partial charge in [0, 0.05) is 24.2 Å². The van der Waals surface area contributed by atoms with Crippen LogP contribution in [-0.2, 0) is 25.3 Å². The van der Waals surface area contributed by atoms with Gasteiger partial charge in [-0.3, -0.25) is 14.4 Å². The maximum Gasteiger partial charge on any atom is 0.416 e. The predicted octanol–water partition coefficient (Wildman–Crippen LogP) is 4.30. The zero-order valence-electron chi connectivity index (χ0n) is 16.2. The second kappa shape index (κ2) is 10.4. The molecule has 0 fully saturated rings. The van der Waals surface area contributed by atoms with E-state index in [-0.39, 0.29) is 24.9 Å². The van der Waals surface area contributed by atoms with E-state index in [1.165, 1.54) is 12.1 Å². The molecule has 0 radical (unpaired) electrons. The topological polar surface area (TPSA) is 84.5 Å². The number of rotatable bonds is 8. The normalized spacial score (nSPS) is 10.9. The number of halogens is 3. The van der Waals surface area contributed by atoms with E-state index < -0.39 is 36.1 Å². The number of nitrogens with one attached hydrogen (secondary N) is 2. The van der Waals surface area contributed by atoms with Crippen molar-refractivity contribution >= 4 is 29.2 Å². The van der Waals surface area contributed by atoms with Gasteiger partial charge in [0.05, 0.1) is 5.56 Å². The molecular weight excluding hydrogens is 401 g/mol. The summed E-state index contributed by atoms with van der Waals surface area (Å²) >= 11 is 0. The van der Waals surface area contributed by atoms with Gasteiger partial charge in [-0.15, -0.1) is 0 Å². The third kappa shape index (κ3) is 7.57. The van der Waals surface area contributed by atoms with Crippen molar-refractivity contribution in [2.45, 2.75) is 32.4 Å². The van der Waals surface area contributed by atoms with Crippen molar-refractivity contribution in [2.24, 2.45) is 0 Å². The van der Waals surface area contributed by atoms with Crippen molar-refractivity contribution in [3.63, 3.8) is 0 Å². The van der Waals surface area contributed by atoms with Gasteiger partial charge < -0.3 is 15.4 Å². The highest BCUT2D eigenvalue weighted by Crippen LogP contribution is 2.30. The van der Waals surface area contributed by atoms with Crippen molar-refractivity contribution in [3.05, 3.63) is 59.7 Å². The van der Waals surface area contributed by atoms with Crippen LogP contribution in [0.15, 0.2) is 48.5 Å². The second-order valence-corrected chi connectivity index (χ2v) is 6.50. The smallest absolute Gasteiger partial charge is 0.416 e. The number of amides is 2. The van der Waals surface area contributed by atoms with Crippen LogP contribution in [-0.4, -0.2) is 24.4 Å². The maximum atomic E-state index is 12.7. The van der Waals surface area contributed by atoms with Crippen LogP contribution in [0.3, 0.4) is 0 Å². The van der Waals surface area contributed by atoms with Gasteiger partial charge in [0.2, 0.25) is 5.91 Å². The fourth-order valence-corrected chi connectivity index (χ4v) is 2.51. The summed E-state index contributed by atoms with van der Waals surface area (Å²) in [5.41, 5.74) is 0.631. The third-order valence-electron chi connectivity index (χ3n) is 4.04. The highest BCUT2D eigenvalue weighted by Gasteiger charge is 2.30. The number of benzene rings is 2. The average Bonchev–Trinajstić information content (AvgIpc) is 2.68. The highest BCUT2D eigenvalue weighted by atomic mass is 19.4. The minimum Gasteiger partial charge on any atom is -0.456 e. The molecule has 2 N–H and O–H groups in total. The SMILES string of the molecule is Cc1ccccc1NC(=O)COC(=O)CCCC(=O)Nc1cccc(C(F)(F)F)c1. The summed E-state index contributed by atoms with van der Waals surface area (Å²) in [6.07, 6.45) is -4.56. The van der Waals surface area contributed by atoms with E-state index in [1.807, 2.05) is 19.1 Å². The van der Waals surface area contributed by atoms with Gasteiger partial charge in [-0.05, 0) is 43.2 Å². The number of aryl methyl sites for hydroxylation is 1. The summed E-state index contributed by atoms with van der Waals surface area (Å²) < 4.78 is 42.9. The van der Waals surface area contributed by atoms with E-state index in [2.05, 4.69) is 10.6 Å². The van der Waals surface area contributed by atoms with E-state index in [9.17, 15) is 27.6 Å². The van der Waals surface area contributed by atoms with Crippen LogP contribution < -0.4 is 10.6 Å². The molecule has 0 aromatic heterocycles. The first-order valence-corrected chi connectivity index (χ1v) is 9.13. The molecule has 0 saturated heterocycles. The Labute approximate surface area is 171 Å². The van der Waals surface area contributed by atoms with Gasteiger partial charge in [0.15, 0.2) is 6.61 Å².